The Balaban J connectivity index is 2.11. The summed E-state index contributed by atoms with van der Waals surface area (Å²) in [5, 5.41) is 8.10. The summed E-state index contributed by atoms with van der Waals surface area (Å²) in [5.41, 5.74) is 0.225. The van der Waals surface area contributed by atoms with Crippen LogP contribution in [0.15, 0.2) is 17.2 Å². The van der Waals surface area contributed by atoms with E-state index >= 15 is 0 Å². The van der Waals surface area contributed by atoms with Gasteiger partial charge in [0.15, 0.2) is 0 Å². The lowest BCUT2D eigenvalue weighted by atomic mass is 10.4. The number of hydrogen-bond acceptors (Lipinski definition) is 5. The van der Waals surface area contributed by atoms with Gasteiger partial charge < -0.3 is 5.32 Å². The number of anilines is 1. The topological polar surface area (TPSA) is 59.8 Å². The molecule has 0 unspecified atom stereocenters. The second-order valence-electron chi connectivity index (χ2n) is 3.73. The molecule has 0 aliphatic heterocycles. The molecule has 2 aromatic heterocycles. The van der Waals surface area contributed by atoms with Crippen LogP contribution in [0.5, 0.6) is 0 Å². The summed E-state index contributed by atoms with van der Waals surface area (Å²) in [6.07, 6.45) is 4.38. The first kappa shape index (κ1) is 13.0. The molecule has 0 amide bonds. The second-order valence-corrected chi connectivity index (χ2v) is 5.31. The highest BCUT2D eigenvalue weighted by molar-refractivity contribution is 7.11. The SMILES string of the molecule is CCc1cnc(CNc2cnn(C)c(=O)c2Cl)s1. The summed E-state index contributed by atoms with van der Waals surface area (Å²) >= 11 is 7.59. The molecule has 2 rings (SSSR count). The fourth-order valence-electron chi connectivity index (χ4n) is 1.40. The summed E-state index contributed by atoms with van der Waals surface area (Å²) in [7, 11) is 1.56. The molecule has 0 saturated carbocycles. The number of thiazole rings is 1. The number of rotatable bonds is 4. The minimum atomic E-state index is -0.310. The lowest BCUT2D eigenvalue weighted by Crippen LogP contribution is -2.21. The average Bonchev–Trinajstić information content (AvgIpc) is 2.83. The monoisotopic (exact) mass is 284 g/mol. The molecule has 0 saturated heterocycles. The third kappa shape index (κ3) is 2.70. The maximum Gasteiger partial charge on any atom is 0.287 e. The van der Waals surface area contributed by atoms with Crippen LogP contribution in [0, 0.1) is 0 Å². The van der Waals surface area contributed by atoms with E-state index in [0.29, 0.717) is 12.2 Å². The van der Waals surface area contributed by atoms with Crippen LogP contribution in [0.4, 0.5) is 5.69 Å². The van der Waals surface area contributed by atoms with E-state index in [4.69, 9.17) is 11.6 Å². The highest BCUT2D eigenvalue weighted by atomic mass is 35.5. The van der Waals surface area contributed by atoms with E-state index in [-0.39, 0.29) is 10.6 Å². The van der Waals surface area contributed by atoms with Gasteiger partial charge in [0.2, 0.25) is 0 Å². The molecule has 0 aliphatic rings. The maximum atomic E-state index is 11.6. The van der Waals surface area contributed by atoms with Crippen molar-refractivity contribution in [2.24, 2.45) is 7.05 Å². The van der Waals surface area contributed by atoms with Gasteiger partial charge in [-0.2, -0.15) is 5.10 Å². The predicted molar refractivity (Wildman–Crippen MR) is 73.3 cm³/mol. The summed E-state index contributed by atoms with van der Waals surface area (Å²) in [6, 6.07) is 0. The van der Waals surface area contributed by atoms with Crippen molar-refractivity contribution in [3.8, 4) is 0 Å². The first-order valence-corrected chi connectivity index (χ1v) is 6.70. The molecule has 0 aliphatic carbocycles. The van der Waals surface area contributed by atoms with Crippen LogP contribution >= 0.6 is 22.9 Å². The number of aryl methyl sites for hydroxylation is 2. The minimum Gasteiger partial charge on any atom is -0.376 e. The third-order valence-electron chi connectivity index (χ3n) is 2.46. The van der Waals surface area contributed by atoms with E-state index in [2.05, 4.69) is 22.3 Å². The molecule has 2 heterocycles. The average molecular weight is 285 g/mol. The van der Waals surface area contributed by atoms with Crippen molar-refractivity contribution in [2.75, 3.05) is 5.32 Å². The Morgan fingerprint density at radius 1 is 1.50 bits per heavy atom. The zero-order valence-electron chi connectivity index (χ0n) is 10.1. The van der Waals surface area contributed by atoms with Gasteiger partial charge in [0.1, 0.15) is 10.0 Å². The Morgan fingerprint density at radius 2 is 2.28 bits per heavy atom. The van der Waals surface area contributed by atoms with Crippen LogP contribution < -0.4 is 10.9 Å². The maximum absolute atomic E-state index is 11.6. The lowest BCUT2D eigenvalue weighted by molar-refractivity contribution is 0.708. The van der Waals surface area contributed by atoms with Crippen molar-refractivity contribution in [3.05, 3.63) is 37.7 Å². The Kier molecular flexibility index (Phi) is 3.98. The molecule has 0 aromatic carbocycles. The molecule has 7 heteroatoms. The minimum absolute atomic E-state index is 0.153. The molecule has 2 aromatic rings. The normalized spacial score (nSPS) is 10.6. The fraction of sp³-hybridized carbons (Fsp3) is 0.364. The van der Waals surface area contributed by atoms with E-state index in [0.717, 1.165) is 11.4 Å². The van der Waals surface area contributed by atoms with Gasteiger partial charge in [-0.3, -0.25) is 4.79 Å². The van der Waals surface area contributed by atoms with Gasteiger partial charge in [0.05, 0.1) is 18.4 Å². The fourth-order valence-corrected chi connectivity index (χ4v) is 2.44. The largest absolute Gasteiger partial charge is 0.376 e. The molecule has 0 spiro atoms. The van der Waals surface area contributed by atoms with E-state index in [9.17, 15) is 4.79 Å². The van der Waals surface area contributed by atoms with E-state index in [1.807, 2.05) is 6.20 Å². The Labute approximate surface area is 113 Å². The number of hydrogen-bond donors (Lipinski definition) is 1. The van der Waals surface area contributed by atoms with Crippen LogP contribution in [0.1, 0.15) is 16.8 Å². The first-order valence-electron chi connectivity index (χ1n) is 5.51. The van der Waals surface area contributed by atoms with Gasteiger partial charge in [0, 0.05) is 18.1 Å². The van der Waals surface area contributed by atoms with Crippen LogP contribution in [0.2, 0.25) is 5.02 Å². The molecular formula is C11H13ClN4OS. The smallest absolute Gasteiger partial charge is 0.287 e. The van der Waals surface area contributed by atoms with Gasteiger partial charge in [-0.1, -0.05) is 18.5 Å². The van der Waals surface area contributed by atoms with Gasteiger partial charge in [-0.05, 0) is 6.42 Å². The van der Waals surface area contributed by atoms with Gasteiger partial charge >= 0.3 is 0 Å². The van der Waals surface area contributed by atoms with Crippen LogP contribution in [0.25, 0.3) is 0 Å². The Bertz CT molecular complexity index is 607. The second kappa shape index (κ2) is 5.49. The third-order valence-corrected chi connectivity index (χ3v) is 3.97. The molecule has 0 fully saturated rings. The highest BCUT2D eigenvalue weighted by Crippen LogP contribution is 2.18. The summed E-state index contributed by atoms with van der Waals surface area (Å²) < 4.78 is 1.20. The zero-order chi connectivity index (χ0) is 13.1. The molecule has 0 bridgehead atoms. The van der Waals surface area contributed by atoms with Crippen molar-refractivity contribution < 1.29 is 0 Å². The number of halogens is 1. The predicted octanol–water partition coefficient (Wildman–Crippen LogP) is 2.06. The molecular weight excluding hydrogens is 272 g/mol. The van der Waals surface area contributed by atoms with Crippen molar-refractivity contribution in [2.45, 2.75) is 19.9 Å². The van der Waals surface area contributed by atoms with E-state index in [1.165, 1.54) is 15.8 Å². The standard InChI is InChI=1S/C11H13ClN4OS/c1-3-7-4-14-9(18-7)6-13-8-5-15-16(2)11(17)10(8)12/h4-5,13H,3,6H2,1-2H3. The number of nitrogens with one attached hydrogen (secondary N) is 1. The zero-order valence-corrected chi connectivity index (χ0v) is 11.7. The van der Waals surface area contributed by atoms with Crippen LogP contribution in [-0.4, -0.2) is 14.8 Å². The summed E-state index contributed by atoms with van der Waals surface area (Å²) in [4.78, 5) is 17.1. The number of nitrogens with zero attached hydrogens (tertiary/aromatic N) is 3. The van der Waals surface area contributed by atoms with Crippen molar-refractivity contribution in [1.29, 1.82) is 0 Å². The van der Waals surface area contributed by atoms with Crippen LogP contribution in [0.3, 0.4) is 0 Å². The molecule has 5 nitrogen and oxygen atoms in total. The highest BCUT2D eigenvalue weighted by Gasteiger charge is 2.07. The first-order chi connectivity index (χ1) is 8.61. The van der Waals surface area contributed by atoms with E-state index < -0.39 is 0 Å². The molecule has 96 valence electrons. The Morgan fingerprint density at radius 3 is 2.94 bits per heavy atom. The summed E-state index contributed by atoms with van der Waals surface area (Å²) in [5.74, 6) is 0. The van der Waals surface area contributed by atoms with E-state index in [1.54, 1.807) is 18.4 Å². The van der Waals surface area contributed by atoms with Crippen LogP contribution in [-0.2, 0) is 20.0 Å². The molecule has 1 N–H and O–H groups in total. The van der Waals surface area contributed by atoms with Crippen molar-refractivity contribution >= 4 is 28.6 Å². The molecule has 0 radical (unpaired) electrons. The Hall–Kier alpha value is -1.40. The molecule has 0 atom stereocenters. The quantitative estimate of drug-likeness (QED) is 0.934. The van der Waals surface area contributed by atoms with Gasteiger partial charge in [-0.15, -0.1) is 11.3 Å². The van der Waals surface area contributed by atoms with Crippen molar-refractivity contribution in [3.63, 3.8) is 0 Å². The van der Waals surface area contributed by atoms with Gasteiger partial charge in [-0.25, -0.2) is 9.67 Å². The summed E-state index contributed by atoms with van der Waals surface area (Å²) in [6.45, 7) is 2.63. The van der Waals surface area contributed by atoms with Crippen molar-refractivity contribution in [1.82, 2.24) is 14.8 Å². The van der Waals surface area contributed by atoms with Gasteiger partial charge in [0.25, 0.3) is 5.56 Å². The lowest BCUT2D eigenvalue weighted by Gasteiger charge is -2.06. The number of aromatic nitrogens is 3. The molecule has 18 heavy (non-hydrogen) atoms.